The monoisotopic (exact) mass is 339 g/mol. The molecule has 0 bridgehead atoms. The molecule has 1 heterocycles. The Morgan fingerprint density at radius 2 is 1.96 bits per heavy atom. The summed E-state index contributed by atoms with van der Waals surface area (Å²) < 4.78 is 32.9. The average Bonchev–Trinajstić information content (AvgIpc) is 2.89. The van der Waals surface area contributed by atoms with E-state index in [1.54, 1.807) is 0 Å². The van der Waals surface area contributed by atoms with Crippen molar-refractivity contribution in [2.24, 2.45) is 5.92 Å². The van der Waals surface area contributed by atoms with Crippen molar-refractivity contribution in [2.45, 2.75) is 44.4 Å². The lowest BCUT2D eigenvalue weighted by molar-refractivity contribution is -0.143. The summed E-state index contributed by atoms with van der Waals surface area (Å²) >= 11 is 0. The molecular weight excluding hydrogens is 320 g/mol. The third-order valence-corrected chi connectivity index (χ3v) is 4.98. The fourth-order valence-corrected chi connectivity index (χ4v) is 3.56. The third kappa shape index (κ3) is 2.77. The molecule has 1 spiro atoms. The molecule has 0 radical (unpaired) electrons. The third-order valence-electron chi connectivity index (χ3n) is 4.98. The Bertz CT molecular complexity index is 671. The van der Waals surface area contributed by atoms with Crippen LogP contribution in [0.1, 0.15) is 43.0 Å². The minimum absolute atomic E-state index is 0.127. The van der Waals surface area contributed by atoms with Crippen LogP contribution in [-0.2, 0) is 9.53 Å². The second-order valence-corrected chi connectivity index (χ2v) is 6.59. The summed E-state index contributed by atoms with van der Waals surface area (Å²) in [6.07, 6.45) is 2.60. The van der Waals surface area contributed by atoms with Gasteiger partial charge in [-0.2, -0.15) is 0 Å². The van der Waals surface area contributed by atoms with Crippen molar-refractivity contribution < 1.29 is 28.2 Å². The standard InChI is InChI=1S/C17H19F2NO4/c1-10-4-6-17(7-5-10)20(14(9-24-17)16(22)23)15(21)12-3-2-11(18)8-13(12)19/h2-3,8,10,14H,4-7,9H2,1H3,(H,22,23). The molecule has 130 valence electrons. The summed E-state index contributed by atoms with van der Waals surface area (Å²) in [5, 5.41) is 9.43. The molecule has 1 atom stereocenters. The van der Waals surface area contributed by atoms with Gasteiger partial charge in [-0.3, -0.25) is 9.69 Å². The van der Waals surface area contributed by atoms with Crippen LogP contribution in [0.4, 0.5) is 8.78 Å². The van der Waals surface area contributed by atoms with Crippen LogP contribution in [0.15, 0.2) is 18.2 Å². The molecule has 1 saturated heterocycles. The van der Waals surface area contributed by atoms with Crippen LogP contribution >= 0.6 is 0 Å². The molecule has 5 nitrogen and oxygen atoms in total. The molecular formula is C17H19F2NO4. The van der Waals surface area contributed by atoms with E-state index in [9.17, 15) is 23.5 Å². The van der Waals surface area contributed by atoms with Gasteiger partial charge < -0.3 is 9.84 Å². The van der Waals surface area contributed by atoms with Gasteiger partial charge in [0.25, 0.3) is 5.91 Å². The van der Waals surface area contributed by atoms with Gasteiger partial charge in [0.05, 0.1) is 12.2 Å². The predicted molar refractivity (Wildman–Crippen MR) is 80.3 cm³/mol. The number of carboxylic acids is 1. The quantitative estimate of drug-likeness (QED) is 0.900. The van der Waals surface area contributed by atoms with Gasteiger partial charge in [0.15, 0.2) is 6.04 Å². The molecule has 3 rings (SSSR count). The second-order valence-electron chi connectivity index (χ2n) is 6.59. The lowest BCUT2D eigenvalue weighted by Crippen LogP contribution is -2.55. The van der Waals surface area contributed by atoms with Gasteiger partial charge >= 0.3 is 5.97 Å². The Hall–Kier alpha value is -2.02. The number of carbonyl (C=O) groups excluding carboxylic acids is 1. The molecule has 7 heteroatoms. The smallest absolute Gasteiger partial charge is 0.328 e. The summed E-state index contributed by atoms with van der Waals surface area (Å²) in [4.78, 5) is 25.6. The zero-order valence-electron chi connectivity index (χ0n) is 13.3. The van der Waals surface area contributed by atoms with Gasteiger partial charge in [-0.05, 0) is 43.7 Å². The molecule has 2 fully saturated rings. The molecule has 1 aromatic carbocycles. The first-order valence-electron chi connectivity index (χ1n) is 7.99. The van der Waals surface area contributed by atoms with E-state index < -0.39 is 35.3 Å². The van der Waals surface area contributed by atoms with Crippen molar-refractivity contribution in [1.29, 1.82) is 0 Å². The average molecular weight is 339 g/mol. The molecule has 1 aliphatic heterocycles. The highest BCUT2D eigenvalue weighted by Gasteiger charge is 2.54. The van der Waals surface area contributed by atoms with Crippen LogP contribution in [0.25, 0.3) is 0 Å². The number of aliphatic carboxylic acids is 1. The molecule has 1 aromatic rings. The van der Waals surface area contributed by atoms with E-state index in [0.29, 0.717) is 24.8 Å². The van der Waals surface area contributed by atoms with E-state index in [4.69, 9.17) is 4.74 Å². The molecule has 1 N–H and O–H groups in total. The topological polar surface area (TPSA) is 66.8 Å². The highest BCUT2D eigenvalue weighted by molar-refractivity contribution is 5.97. The van der Waals surface area contributed by atoms with Crippen LogP contribution in [0.2, 0.25) is 0 Å². The number of rotatable bonds is 2. The van der Waals surface area contributed by atoms with E-state index in [1.807, 2.05) is 0 Å². The SMILES string of the molecule is CC1CCC2(CC1)OCC(C(=O)O)N2C(=O)c1ccc(F)cc1F. The number of benzene rings is 1. The molecule has 0 aromatic heterocycles. The zero-order chi connectivity index (χ0) is 17.5. The van der Waals surface area contributed by atoms with Gasteiger partial charge in [-0.1, -0.05) is 6.92 Å². The number of carboxylic acid groups (broad SMARTS) is 1. The Morgan fingerprint density at radius 3 is 2.54 bits per heavy atom. The number of amides is 1. The number of hydrogen-bond acceptors (Lipinski definition) is 3. The minimum Gasteiger partial charge on any atom is -0.480 e. The van der Waals surface area contributed by atoms with E-state index in [-0.39, 0.29) is 12.2 Å². The molecule has 1 aliphatic carbocycles. The lowest BCUT2D eigenvalue weighted by Gasteiger charge is -2.42. The van der Waals surface area contributed by atoms with Crippen molar-refractivity contribution in [3.8, 4) is 0 Å². The first-order chi connectivity index (χ1) is 11.3. The maximum Gasteiger partial charge on any atom is 0.328 e. The summed E-state index contributed by atoms with van der Waals surface area (Å²) in [5.41, 5.74) is -1.36. The van der Waals surface area contributed by atoms with Gasteiger partial charge in [-0.25, -0.2) is 13.6 Å². The molecule has 1 saturated carbocycles. The minimum atomic E-state index is -1.19. The number of ether oxygens (including phenoxy) is 1. The Morgan fingerprint density at radius 1 is 1.29 bits per heavy atom. The lowest BCUT2D eigenvalue weighted by atomic mass is 9.83. The fraction of sp³-hybridized carbons (Fsp3) is 0.529. The number of halogens is 2. The van der Waals surface area contributed by atoms with Crippen LogP contribution in [-0.4, -0.2) is 40.3 Å². The normalized spacial score (nSPS) is 29.9. The number of nitrogens with zero attached hydrogens (tertiary/aromatic N) is 1. The van der Waals surface area contributed by atoms with Gasteiger partial charge in [0, 0.05) is 6.07 Å². The largest absolute Gasteiger partial charge is 0.480 e. The van der Waals surface area contributed by atoms with Crippen molar-refractivity contribution in [2.75, 3.05) is 6.61 Å². The van der Waals surface area contributed by atoms with Crippen molar-refractivity contribution >= 4 is 11.9 Å². The van der Waals surface area contributed by atoms with Gasteiger partial charge in [-0.15, -0.1) is 0 Å². The van der Waals surface area contributed by atoms with Crippen molar-refractivity contribution in [1.82, 2.24) is 4.90 Å². The molecule has 1 amide bonds. The maximum atomic E-state index is 14.0. The first kappa shape index (κ1) is 16.8. The molecule has 24 heavy (non-hydrogen) atoms. The van der Waals surface area contributed by atoms with Gasteiger partial charge in [0.1, 0.15) is 17.4 Å². The summed E-state index contributed by atoms with van der Waals surface area (Å²) in [6.45, 7) is 1.96. The van der Waals surface area contributed by atoms with E-state index >= 15 is 0 Å². The van der Waals surface area contributed by atoms with Crippen molar-refractivity contribution in [3.05, 3.63) is 35.4 Å². The van der Waals surface area contributed by atoms with Crippen LogP contribution in [0.5, 0.6) is 0 Å². The fourth-order valence-electron chi connectivity index (χ4n) is 3.56. The maximum absolute atomic E-state index is 14.0. The van der Waals surface area contributed by atoms with Crippen molar-refractivity contribution in [3.63, 3.8) is 0 Å². The van der Waals surface area contributed by atoms with E-state index in [0.717, 1.165) is 29.9 Å². The Kier molecular flexibility index (Phi) is 4.29. The summed E-state index contributed by atoms with van der Waals surface area (Å²) in [5.74, 6) is -3.30. The number of hydrogen-bond donors (Lipinski definition) is 1. The first-order valence-corrected chi connectivity index (χ1v) is 7.99. The highest BCUT2D eigenvalue weighted by Crippen LogP contribution is 2.43. The Labute approximate surface area is 138 Å². The van der Waals surface area contributed by atoms with Crippen LogP contribution < -0.4 is 0 Å². The van der Waals surface area contributed by atoms with Gasteiger partial charge in [0.2, 0.25) is 0 Å². The Balaban J connectivity index is 1.98. The van der Waals surface area contributed by atoms with E-state index in [2.05, 4.69) is 6.92 Å². The highest BCUT2D eigenvalue weighted by atomic mass is 19.1. The van der Waals surface area contributed by atoms with E-state index in [1.165, 1.54) is 0 Å². The summed E-state index contributed by atoms with van der Waals surface area (Å²) in [7, 11) is 0. The second kappa shape index (κ2) is 6.12. The molecule has 2 aliphatic rings. The molecule has 1 unspecified atom stereocenters. The zero-order valence-corrected chi connectivity index (χ0v) is 13.3. The summed E-state index contributed by atoms with van der Waals surface area (Å²) in [6, 6.07) is 1.48. The van der Waals surface area contributed by atoms with Crippen LogP contribution in [0, 0.1) is 17.6 Å². The predicted octanol–water partition coefficient (Wildman–Crippen LogP) is 2.80. The number of carbonyl (C=O) groups is 2. The van der Waals surface area contributed by atoms with Crippen LogP contribution in [0.3, 0.4) is 0 Å².